The van der Waals surface area contributed by atoms with E-state index in [1.165, 1.54) is 30.6 Å². The maximum atomic E-state index is 5.82. The zero-order valence-corrected chi connectivity index (χ0v) is 11.8. The molecular weight excluding hydrogens is 222 g/mol. The first kappa shape index (κ1) is 13.4. The summed E-state index contributed by atoms with van der Waals surface area (Å²) in [5.74, 6) is 0. The number of fused-ring (bicyclic) bond motifs is 1. The number of anilines is 1. The van der Waals surface area contributed by atoms with Crippen molar-refractivity contribution in [1.29, 1.82) is 0 Å². The molecule has 0 spiro atoms. The van der Waals surface area contributed by atoms with Gasteiger partial charge in [-0.25, -0.2) is 0 Å². The lowest BCUT2D eigenvalue weighted by atomic mass is 10.1. The van der Waals surface area contributed by atoms with Gasteiger partial charge in [0.1, 0.15) is 0 Å². The standard InChI is InChI=1S/C15H25N3/c1-12(2)17(3)7-4-8-18-10-13-5-6-15(16)9-14(13)11-18/h5-6,9,12H,4,7-8,10-11,16H2,1-3H3. The Morgan fingerprint density at radius 2 is 2.00 bits per heavy atom. The van der Waals surface area contributed by atoms with Crippen LogP contribution in [-0.4, -0.2) is 36.0 Å². The Morgan fingerprint density at radius 1 is 1.28 bits per heavy atom. The van der Waals surface area contributed by atoms with Crippen LogP contribution in [0.1, 0.15) is 31.4 Å². The second-order valence-electron chi connectivity index (χ2n) is 5.67. The molecule has 0 saturated carbocycles. The highest BCUT2D eigenvalue weighted by atomic mass is 15.2. The van der Waals surface area contributed by atoms with Crippen molar-refractivity contribution >= 4 is 5.69 Å². The average Bonchev–Trinajstić information content (AvgIpc) is 2.70. The van der Waals surface area contributed by atoms with E-state index < -0.39 is 0 Å². The first-order valence-electron chi connectivity index (χ1n) is 6.86. The van der Waals surface area contributed by atoms with Crippen molar-refractivity contribution in [3.05, 3.63) is 29.3 Å². The molecule has 2 rings (SSSR count). The highest BCUT2D eigenvalue weighted by molar-refractivity contribution is 5.46. The third-order valence-electron chi connectivity index (χ3n) is 3.88. The Balaban J connectivity index is 1.78. The normalized spacial score (nSPS) is 15.6. The Morgan fingerprint density at radius 3 is 2.72 bits per heavy atom. The number of hydrogen-bond acceptors (Lipinski definition) is 3. The third kappa shape index (κ3) is 3.24. The van der Waals surface area contributed by atoms with E-state index in [9.17, 15) is 0 Å². The molecule has 0 saturated heterocycles. The average molecular weight is 247 g/mol. The smallest absolute Gasteiger partial charge is 0.0317 e. The van der Waals surface area contributed by atoms with Crippen LogP contribution in [0.15, 0.2) is 18.2 Å². The molecule has 0 fully saturated rings. The molecular formula is C15H25N3. The fraction of sp³-hybridized carbons (Fsp3) is 0.600. The molecule has 0 aliphatic carbocycles. The van der Waals surface area contributed by atoms with Gasteiger partial charge in [0, 0.05) is 31.4 Å². The molecule has 1 aromatic rings. The van der Waals surface area contributed by atoms with Crippen molar-refractivity contribution in [3.63, 3.8) is 0 Å². The summed E-state index contributed by atoms with van der Waals surface area (Å²) in [6, 6.07) is 6.94. The van der Waals surface area contributed by atoms with Crippen molar-refractivity contribution in [2.24, 2.45) is 0 Å². The number of hydrogen-bond donors (Lipinski definition) is 1. The molecule has 1 aliphatic rings. The van der Waals surface area contributed by atoms with E-state index in [4.69, 9.17) is 5.73 Å². The molecule has 0 aromatic heterocycles. The van der Waals surface area contributed by atoms with Crippen molar-refractivity contribution in [2.75, 3.05) is 25.9 Å². The molecule has 0 bridgehead atoms. The van der Waals surface area contributed by atoms with Crippen LogP contribution in [0.2, 0.25) is 0 Å². The maximum Gasteiger partial charge on any atom is 0.0317 e. The second-order valence-corrected chi connectivity index (χ2v) is 5.67. The van der Waals surface area contributed by atoms with Crippen LogP contribution >= 0.6 is 0 Å². The van der Waals surface area contributed by atoms with E-state index in [1.54, 1.807) is 0 Å². The Labute approximate surface area is 111 Å². The van der Waals surface area contributed by atoms with Gasteiger partial charge in [0.25, 0.3) is 0 Å². The number of nitrogens with two attached hydrogens (primary N) is 1. The minimum Gasteiger partial charge on any atom is -0.399 e. The van der Waals surface area contributed by atoms with Gasteiger partial charge in [0.05, 0.1) is 0 Å². The van der Waals surface area contributed by atoms with E-state index in [0.29, 0.717) is 6.04 Å². The number of benzene rings is 1. The number of nitrogens with zero attached hydrogens (tertiary/aromatic N) is 2. The van der Waals surface area contributed by atoms with Crippen LogP contribution < -0.4 is 5.73 Å². The Hall–Kier alpha value is -1.06. The number of rotatable bonds is 5. The van der Waals surface area contributed by atoms with Crippen molar-refractivity contribution in [3.8, 4) is 0 Å². The zero-order valence-electron chi connectivity index (χ0n) is 11.8. The highest BCUT2D eigenvalue weighted by Gasteiger charge is 2.18. The summed E-state index contributed by atoms with van der Waals surface area (Å²) in [5.41, 5.74) is 9.56. The molecule has 2 N–H and O–H groups in total. The molecule has 0 unspecified atom stereocenters. The predicted octanol–water partition coefficient (Wildman–Crippen LogP) is 2.31. The highest BCUT2D eigenvalue weighted by Crippen LogP contribution is 2.24. The molecule has 1 aliphatic heterocycles. The summed E-state index contributed by atoms with van der Waals surface area (Å²) in [7, 11) is 2.20. The van der Waals surface area contributed by atoms with Crippen LogP contribution in [0, 0.1) is 0 Å². The van der Waals surface area contributed by atoms with Gasteiger partial charge in [-0.2, -0.15) is 0 Å². The third-order valence-corrected chi connectivity index (χ3v) is 3.88. The van der Waals surface area contributed by atoms with Crippen LogP contribution in [0.4, 0.5) is 5.69 Å². The minimum absolute atomic E-state index is 0.639. The van der Waals surface area contributed by atoms with Gasteiger partial charge in [-0.05, 0) is 57.1 Å². The topological polar surface area (TPSA) is 32.5 Å². The molecule has 0 amide bonds. The fourth-order valence-corrected chi connectivity index (χ4v) is 2.45. The zero-order chi connectivity index (χ0) is 13.1. The summed E-state index contributed by atoms with van der Waals surface area (Å²) in [6.07, 6.45) is 1.23. The quantitative estimate of drug-likeness (QED) is 0.811. The van der Waals surface area contributed by atoms with Crippen LogP contribution in [0.5, 0.6) is 0 Å². The molecule has 100 valence electrons. The Kier molecular flexibility index (Phi) is 4.25. The van der Waals surface area contributed by atoms with E-state index in [-0.39, 0.29) is 0 Å². The molecule has 18 heavy (non-hydrogen) atoms. The summed E-state index contributed by atoms with van der Waals surface area (Å²) in [4.78, 5) is 4.92. The summed E-state index contributed by atoms with van der Waals surface area (Å²) < 4.78 is 0. The summed E-state index contributed by atoms with van der Waals surface area (Å²) >= 11 is 0. The molecule has 3 heteroatoms. The van der Waals surface area contributed by atoms with Gasteiger partial charge in [-0.3, -0.25) is 4.90 Å². The van der Waals surface area contributed by atoms with Gasteiger partial charge in [-0.15, -0.1) is 0 Å². The van der Waals surface area contributed by atoms with Gasteiger partial charge in [0.15, 0.2) is 0 Å². The van der Waals surface area contributed by atoms with Gasteiger partial charge >= 0.3 is 0 Å². The van der Waals surface area contributed by atoms with E-state index in [2.05, 4.69) is 42.8 Å². The molecule has 0 atom stereocenters. The molecule has 0 radical (unpaired) electrons. The van der Waals surface area contributed by atoms with Crippen LogP contribution in [0.3, 0.4) is 0 Å². The fourth-order valence-electron chi connectivity index (χ4n) is 2.45. The van der Waals surface area contributed by atoms with Crippen molar-refractivity contribution < 1.29 is 0 Å². The summed E-state index contributed by atoms with van der Waals surface area (Å²) in [5, 5.41) is 0. The van der Waals surface area contributed by atoms with Gasteiger partial charge < -0.3 is 10.6 Å². The monoisotopic (exact) mass is 247 g/mol. The predicted molar refractivity (Wildman–Crippen MR) is 77.4 cm³/mol. The molecule has 3 nitrogen and oxygen atoms in total. The van der Waals surface area contributed by atoms with E-state index >= 15 is 0 Å². The minimum atomic E-state index is 0.639. The lowest BCUT2D eigenvalue weighted by molar-refractivity contribution is 0.228. The van der Waals surface area contributed by atoms with Crippen molar-refractivity contribution in [1.82, 2.24) is 9.80 Å². The largest absolute Gasteiger partial charge is 0.399 e. The van der Waals surface area contributed by atoms with E-state index in [1.807, 2.05) is 6.07 Å². The van der Waals surface area contributed by atoms with Gasteiger partial charge in [0.2, 0.25) is 0 Å². The lowest BCUT2D eigenvalue weighted by Crippen LogP contribution is -2.29. The van der Waals surface area contributed by atoms with Crippen LogP contribution in [0.25, 0.3) is 0 Å². The number of nitrogen functional groups attached to an aromatic ring is 1. The first-order chi connectivity index (χ1) is 8.56. The summed E-state index contributed by atoms with van der Waals surface area (Å²) in [6.45, 7) is 8.98. The van der Waals surface area contributed by atoms with Crippen LogP contribution in [-0.2, 0) is 13.1 Å². The van der Waals surface area contributed by atoms with Gasteiger partial charge in [-0.1, -0.05) is 6.07 Å². The maximum absolute atomic E-state index is 5.82. The lowest BCUT2D eigenvalue weighted by Gasteiger charge is -2.22. The SMILES string of the molecule is CC(C)N(C)CCCN1Cc2ccc(N)cc2C1. The second kappa shape index (κ2) is 5.72. The van der Waals surface area contributed by atoms with Crippen molar-refractivity contribution in [2.45, 2.75) is 39.4 Å². The van der Waals surface area contributed by atoms with E-state index in [0.717, 1.165) is 18.8 Å². The Bertz CT molecular complexity index is 401. The first-order valence-corrected chi connectivity index (χ1v) is 6.86. The molecule has 1 heterocycles. The molecule has 1 aromatic carbocycles.